The lowest BCUT2D eigenvalue weighted by Gasteiger charge is -2.07. The van der Waals surface area contributed by atoms with E-state index in [4.69, 9.17) is 0 Å². The number of rotatable bonds is 3. The van der Waals surface area contributed by atoms with Crippen molar-refractivity contribution in [2.45, 2.75) is 18.2 Å². The normalized spacial score (nSPS) is 11.9. The summed E-state index contributed by atoms with van der Waals surface area (Å²) in [7, 11) is -3.71. The van der Waals surface area contributed by atoms with Crippen molar-refractivity contribution in [2.24, 2.45) is 0 Å². The van der Waals surface area contributed by atoms with Crippen molar-refractivity contribution in [3.05, 3.63) is 60.3 Å². The minimum Gasteiger partial charge on any atom is -0.506 e. The SMILES string of the molecule is CCc1cccc2c1c(O)cn2S(=O)(=O)c1ccccc1. The molecule has 1 aromatic heterocycles. The minimum atomic E-state index is -3.71. The standard InChI is InChI=1S/C16H15NO3S/c1-2-12-7-6-10-14-16(12)15(18)11-17(14)21(19,20)13-8-4-3-5-9-13/h3-11,18H,2H2,1H3. The van der Waals surface area contributed by atoms with Gasteiger partial charge in [0.1, 0.15) is 5.75 Å². The van der Waals surface area contributed by atoms with Crippen LogP contribution in [0.2, 0.25) is 0 Å². The van der Waals surface area contributed by atoms with Crippen LogP contribution in [0.3, 0.4) is 0 Å². The number of aromatic nitrogens is 1. The Morgan fingerprint density at radius 3 is 2.43 bits per heavy atom. The van der Waals surface area contributed by atoms with Gasteiger partial charge in [-0.2, -0.15) is 0 Å². The molecule has 5 heteroatoms. The molecule has 0 bridgehead atoms. The van der Waals surface area contributed by atoms with Crippen molar-refractivity contribution >= 4 is 20.9 Å². The molecule has 0 saturated heterocycles. The van der Waals surface area contributed by atoms with Gasteiger partial charge in [0.05, 0.1) is 16.6 Å². The number of hydrogen-bond acceptors (Lipinski definition) is 3. The molecule has 0 atom stereocenters. The molecule has 2 aromatic carbocycles. The van der Waals surface area contributed by atoms with Gasteiger partial charge in [-0.25, -0.2) is 12.4 Å². The Morgan fingerprint density at radius 1 is 1.05 bits per heavy atom. The van der Waals surface area contributed by atoms with E-state index < -0.39 is 10.0 Å². The number of aryl methyl sites for hydroxylation is 1. The highest BCUT2D eigenvalue weighted by atomic mass is 32.2. The summed E-state index contributed by atoms with van der Waals surface area (Å²) in [6.45, 7) is 1.97. The Labute approximate surface area is 123 Å². The summed E-state index contributed by atoms with van der Waals surface area (Å²) in [6.07, 6.45) is 1.99. The predicted molar refractivity (Wildman–Crippen MR) is 82.0 cm³/mol. The summed E-state index contributed by atoms with van der Waals surface area (Å²) >= 11 is 0. The first-order chi connectivity index (χ1) is 10.1. The van der Waals surface area contributed by atoms with Gasteiger partial charge < -0.3 is 5.11 Å². The second kappa shape index (κ2) is 4.93. The molecule has 0 saturated carbocycles. The first kappa shape index (κ1) is 13.7. The van der Waals surface area contributed by atoms with Gasteiger partial charge in [-0.15, -0.1) is 0 Å². The maximum absolute atomic E-state index is 12.7. The molecule has 0 aliphatic rings. The van der Waals surface area contributed by atoms with Gasteiger partial charge in [-0.05, 0) is 30.2 Å². The molecule has 0 amide bonds. The van der Waals surface area contributed by atoms with Crippen LogP contribution in [0.25, 0.3) is 10.9 Å². The van der Waals surface area contributed by atoms with E-state index in [0.29, 0.717) is 10.9 Å². The Morgan fingerprint density at radius 2 is 1.76 bits per heavy atom. The van der Waals surface area contributed by atoms with Gasteiger partial charge in [0.2, 0.25) is 0 Å². The van der Waals surface area contributed by atoms with Crippen LogP contribution in [-0.4, -0.2) is 17.5 Å². The van der Waals surface area contributed by atoms with Crippen molar-refractivity contribution < 1.29 is 13.5 Å². The van der Waals surface area contributed by atoms with E-state index in [0.717, 1.165) is 16.0 Å². The Kier molecular flexibility index (Phi) is 3.22. The molecule has 21 heavy (non-hydrogen) atoms. The Hall–Kier alpha value is -2.27. The first-order valence-corrected chi connectivity index (χ1v) is 8.12. The first-order valence-electron chi connectivity index (χ1n) is 6.68. The third kappa shape index (κ3) is 2.10. The van der Waals surface area contributed by atoms with Crippen LogP contribution in [-0.2, 0) is 16.4 Å². The maximum atomic E-state index is 12.7. The van der Waals surface area contributed by atoms with E-state index in [2.05, 4.69) is 0 Å². The van der Waals surface area contributed by atoms with Crippen molar-refractivity contribution in [1.82, 2.24) is 3.97 Å². The molecule has 3 rings (SSSR count). The van der Waals surface area contributed by atoms with Gasteiger partial charge in [0.25, 0.3) is 10.0 Å². The van der Waals surface area contributed by atoms with Crippen molar-refractivity contribution in [3.8, 4) is 5.75 Å². The number of hydrogen-bond donors (Lipinski definition) is 1. The second-order valence-electron chi connectivity index (χ2n) is 4.79. The third-order valence-electron chi connectivity index (χ3n) is 3.54. The van der Waals surface area contributed by atoms with Crippen LogP contribution in [0.1, 0.15) is 12.5 Å². The van der Waals surface area contributed by atoms with Crippen LogP contribution in [0.5, 0.6) is 5.75 Å². The van der Waals surface area contributed by atoms with Gasteiger partial charge in [0.15, 0.2) is 0 Å². The monoisotopic (exact) mass is 301 g/mol. The summed E-state index contributed by atoms with van der Waals surface area (Å²) in [4.78, 5) is 0.198. The lowest BCUT2D eigenvalue weighted by atomic mass is 10.1. The van der Waals surface area contributed by atoms with Crippen molar-refractivity contribution in [3.63, 3.8) is 0 Å². The topological polar surface area (TPSA) is 59.3 Å². The molecule has 0 spiro atoms. The fourth-order valence-electron chi connectivity index (χ4n) is 2.51. The number of aromatic hydroxyl groups is 1. The zero-order valence-corrected chi connectivity index (χ0v) is 12.3. The molecule has 3 aromatic rings. The minimum absolute atomic E-state index is 0.0121. The molecule has 0 fully saturated rings. The zero-order valence-electron chi connectivity index (χ0n) is 11.5. The second-order valence-corrected chi connectivity index (χ2v) is 6.61. The van der Waals surface area contributed by atoms with E-state index >= 15 is 0 Å². The van der Waals surface area contributed by atoms with Crippen LogP contribution >= 0.6 is 0 Å². The molecule has 0 aliphatic heterocycles. The molecular formula is C16H15NO3S. The highest BCUT2D eigenvalue weighted by molar-refractivity contribution is 7.90. The van der Waals surface area contributed by atoms with Crippen molar-refractivity contribution in [1.29, 1.82) is 0 Å². The summed E-state index contributed by atoms with van der Waals surface area (Å²) in [6, 6.07) is 13.6. The molecule has 0 unspecified atom stereocenters. The zero-order chi connectivity index (χ0) is 15.0. The average molecular weight is 301 g/mol. The van der Waals surface area contributed by atoms with E-state index in [1.54, 1.807) is 42.5 Å². The van der Waals surface area contributed by atoms with Crippen LogP contribution in [0, 0.1) is 0 Å². The summed E-state index contributed by atoms with van der Waals surface area (Å²) in [5.74, 6) is -0.0121. The average Bonchev–Trinajstić information content (AvgIpc) is 2.86. The molecule has 1 N–H and O–H groups in total. The number of nitrogens with zero attached hydrogens (tertiary/aromatic N) is 1. The summed E-state index contributed by atoms with van der Waals surface area (Å²) in [5.41, 5.74) is 1.42. The van der Waals surface area contributed by atoms with Crippen LogP contribution in [0.15, 0.2) is 59.6 Å². The van der Waals surface area contributed by atoms with Gasteiger partial charge in [0, 0.05) is 5.39 Å². The Bertz CT molecular complexity index is 896. The molecule has 1 heterocycles. The van der Waals surface area contributed by atoms with E-state index in [9.17, 15) is 13.5 Å². The lowest BCUT2D eigenvalue weighted by molar-refractivity contribution is 0.480. The van der Waals surface area contributed by atoms with Gasteiger partial charge in [-0.3, -0.25) is 0 Å². The Balaban J connectivity index is 2.32. The number of fused-ring (bicyclic) bond motifs is 1. The van der Waals surface area contributed by atoms with Crippen LogP contribution in [0.4, 0.5) is 0 Å². The fraction of sp³-hybridized carbons (Fsp3) is 0.125. The van der Waals surface area contributed by atoms with E-state index in [-0.39, 0.29) is 10.6 Å². The smallest absolute Gasteiger partial charge is 0.268 e. The fourth-order valence-corrected chi connectivity index (χ4v) is 3.89. The molecule has 108 valence electrons. The maximum Gasteiger partial charge on any atom is 0.268 e. The lowest BCUT2D eigenvalue weighted by Crippen LogP contribution is -2.11. The van der Waals surface area contributed by atoms with Crippen molar-refractivity contribution in [2.75, 3.05) is 0 Å². The molecular weight excluding hydrogens is 286 g/mol. The largest absolute Gasteiger partial charge is 0.506 e. The molecule has 4 nitrogen and oxygen atoms in total. The predicted octanol–water partition coefficient (Wildman–Crippen LogP) is 3.15. The quantitative estimate of drug-likeness (QED) is 0.808. The van der Waals surface area contributed by atoms with Gasteiger partial charge in [-0.1, -0.05) is 37.3 Å². The molecule has 0 radical (unpaired) electrons. The van der Waals surface area contributed by atoms with E-state index in [1.807, 2.05) is 13.0 Å². The highest BCUT2D eigenvalue weighted by Crippen LogP contribution is 2.33. The van der Waals surface area contributed by atoms with Gasteiger partial charge >= 0.3 is 0 Å². The summed E-state index contributed by atoms with van der Waals surface area (Å²) in [5, 5.41) is 10.7. The summed E-state index contributed by atoms with van der Waals surface area (Å²) < 4.78 is 26.6. The van der Waals surface area contributed by atoms with Crippen LogP contribution < -0.4 is 0 Å². The third-order valence-corrected chi connectivity index (χ3v) is 5.23. The molecule has 0 aliphatic carbocycles. The van der Waals surface area contributed by atoms with E-state index in [1.165, 1.54) is 6.20 Å². The number of benzene rings is 2. The highest BCUT2D eigenvalue weighted by Gasteiger charge is 2.21.